The molecule has 3 rings (SSSR count). The van der Waals surface area contributed by atoms with Crippen LogP contribution in [0.1, 0.15) is 27.9 Å². The van der Waals surface area contributed by atoms with Gasteiger partial charge in [-0.1, -0.05) is 18.2 Å². The van der Waals surface area contributed by atoms with Crippen molar-refractivity contribution in [2.45, 2.75) is 24.2 Å². The van der Waals surface area contributed by atoms with Crippen LogP contribution in [0.25, 0.3) is 0 Å². The third-order valence-corrected chi connectivity index (χ3v) is 4.84. The first-order chi connectivity index (χ1) is 10.3. The predicted molar refractivity (Wildman–Crippen MR) is 86.5 cm³/mol. The lowest BCUT2D eigenvalue weighted by atomic mass is 10.1. The summed E-state index contributed by atoms with van der Waals surface area (Å²) in [5.74, 6) is 1.20. The Hall–Kier alpha value is -1.74. The summed E-state index contributed by atoms with van der Waals surface area (Å²) in [6, 6.07) is 14.0. The zero-order valence-electron chi connectivity index (χ0n) is 12.1. The summed E-state index contributed by atoms with van der Waals surface area (Å²) < 4.78 is 5.25. The van der Waals surface area contributed by atoms with Crippen molar-refractivity contribution in [2.24, 2.45) is 0 Å². The SMILES string of the molecule is COc1ccccc1C(=O)CSc1ccc2c(c1)CCC2. The van der Waals surface area contributed by atoms with Crippen molar-refractivity contribution in [3.63, 3.8) is 0 Å². The van der Waals surface area contributed by atoms with Gasteiger partial charge in [0.15, 0.2) is 5.78 Å². The van der Waals surface area contributed by atoms with E-state index in [9.17, 15) is 4.79 Å². The Kier molecular flexibility index (Phi) is 4.30. The van der Waals surface area contributed by atoms with Crippen LogP contribution in [0, 0.1) is 0 Å². The number of fused-ring (bicyclic) bond motifs is 1. The molecule has 108 valence electrons. The average molecular weight is 298 g/mol. The van der Waals surface area contributed by atoms with Crippen LogP contribution in [0.15, 0.2) is 47.4 Å². The fourth-order valence-corrected chi connectivity index (χ4v) is 3.58. The zero-order chi connectivity index (χ0) is 14.7. The maximum atomic E-state index is 12.3. The van der Waals surface area contributed by atoms with Crippen LogP contribution in [-0.4, -0.2) is 18.6 Å². The van der Waals surface area contributed by atoms with E-state index in [0.29, 0.717) is 17.1 Å². The van der Waals surface area contributed by atoms with Crippen molar-refractivity contribution in [3.8, 4) is 5.75 Å². The minimum atomic E-state index is 0.109. The van der Waals surface area contributed by atoms with E-state index in [2.05, 4.69) is 18.2 Å². The third kappa shape index (κ3) is 3.13. The number of methoxy groups -OCH3 is 1. The third-order valence-electron chi connectivity index (χ3n) is 3.85. The molecule has 2 aromatic carbocycles. The van der Waals surface area contributed by atoms with Gasteiger partial charge < -0.3 is 4.74 Å². The average Bonchev–Trinajstić information content (AvgIpc) is 3.00. The molecule has 0 aliphatic heterocycles. The van der Waals surface area contributed by atoms with E-state index in [0.717, 1.165) is 0 Å². The number of ketones is 1. The Labute approximate surface area is 129 Å². The molecule has 21 heavy (non-hydrogen) atoms. The minimum absolute atomic E-state index is 0.109. The predicted octanol–water partition coefficient (Wildman–Crippen LogP) is 4.16. The Bertz CT molecular complexity index is 664. The number of para-hydroxylation sites is 1. The fraction of sp³-hybridized carbons (Fsp3) is 0.278. The molecule has 1 aliphatic rings. The van der Waals surface area contributed by atoms with Crippen LogP contribution < -0.4 is 4.74 Å². The molecule has 0 saturated carbocycles. The standard InChI is InChI=1S/C18H18O2S/c1-20-18-8-3-2-7-16(18)17(19)12-21-15-10-9-13-5-4-6-14(13)11-15/h2-3,7-11H,4-6,12H2,1H3. The van der Waals surface area contributed by atoms with Crippen LogP contribution >= 0.6 is 11.8 Å². The maximum Gasteiger partial charge on any atom is 0.176 e. The lowest BCUT2D eigenvalue weighted by Crippen LogP contribution is -2.04. The minimum Gasteiger partial charge on any atom is -0.496 e. The van der Waals surface area contributed by atoms with E-state index < -0.39 is 0 Å². The molecule has 0 bridgehead atoms. The Morgan fingerprint density at radius 1 is 1.14 bits per heavy atom. The number of thioether (sulfide) groups is 1. The largest absolute Gasteiger partial charge is 0.496 e. The van der Waals surface area contributed by atoms with Crippen LogP contribution in [0.4, 0.5) is 0 Å². The summed E-state index contributed by atoms with van der Waals surface area (Å²) in [5, 5.41) is 0. The number of aryl methyl sites for hydroxylation is 2. The van der Waals surface area contributed by atoms with Crippen LogP contribution in [0.5, 0.6) is 5.75 Å². The highest BCUT2D eigenvalue weighted by atomic mass is 32.2. The quantitative estimate of drug-likeness (QED) is 0.612. The van der Waals surface area contributed by atoms with Gasteiger partial charge in [-0.05, 0) is 54.7 Å². The molecule has 1 aliphatic carbocycles. The lowest BCUT2D eigenvalue weighted by molar-refractivity contribution is 0.101. The first-order valence-corrected chi connectivity index (χ1v) is 8.17. The second kappa shape index (κ2) is 6.35. The summed E-state index contributed by atoms with van der Waals surface area (Å²) >= 11 is 1.60. The van der Waals surface area contributed by atoms with Gasteiger partial charge >= 0.3 is 0 Å². The molecule has 2 nitrogen and oxygen atoms in total. The summed E-state index contributed by atoms with van der Waals surface area (Å²) in [6.45, 7) is 0. The molecule has 2 aromatic rings. The monoisotopic (exact) mass is 298 g/mol. The number of ether oxygens (including phenoxy) is 1. The molecular formula is C18H18O2S. The van der Waals surface area contributed by atoms with Crippen LogP contribution in [0.2, 0.25) is 0 Å². The molecular weight excluding hydrogens is 280 g/mol. The summed E-state index contributed by atoms with van der Waals surface area (Å²) in [4.78, 5) is 13.5. The van der Waals surface area contributed by atoms with Gasteiger partial charge in [-0.2, -0.15) is 0 Å². The highest BCUT2D eigenvalue weighted by Crippen LogP contribution is 2.28. The van der Waals surface area contributed by atoms with E-state index >= 15 is 0 Å². The molecule has 0 atom stereocenters. The second-order valence-electron chi connectivity index (χ2n) is 5.20. The molecule has 0 unspecified atom stereocenters. The first kappa shape index (κ1) is 14.2. The van der Waals surface area contributed by atoms with Crippen molar-refractivity contribution < 1.29 is 9.53 Å². The molecule has 0 heterocycles. The van der Waals surface area contributed by atoms with Gasteiger partial charge in [0.25, 0.3) is 0 Å². The molecule has 0 N–H and O–H groups in total. The first-order valence-electron chi connectivity index (χ1n) is 7.19. The van der Waals surface area contributed by atoms with E-state index in [-0.39, 0.29) is 5.78 Å². The number of hydrogen-bond donors (Lipinski definition) is 0. The summed E-state index contributed by atoms with van der Waals surface area (Å²) in [6.07, 6.45) is 3.62. The molecule has 3 heteroatoms. The number of Topliss-reactive ketones (excluding diaryl/α,β-unsaturated/α-hetero) is 1. The zero-order valence-corrected chi connectivity index (χ0v) is 12.9. The molecule has 0 spiro atoms. The van der Waals surface area contributed by atoms with Crippen molar-refractivity contribution in [1.82, 2.24) is 0 Å². The fourth-order valence-electron chi connectivity index (χ4n) is 2.74. The number of carbonyl (C=O) groups excluding carboxylic acids is 1. The Morgan fingerprint density at radius 3 is 2.81 bits per heavy atom. The molecule has 0 aromatic heterocycles. The Balaban J connectivity index is 1.68. The normalized spacial score (nSPS) is 13.0. The van der Waals surface area contributed by atoms with Crippen LogP contribution in [0.3, 0.4) is 0 Å². The molecule has 0 radical (unpaired) electrons. The van der Waals surface area contributed by atoms with E-state index in [1.165, 1.54) is 35.3 Å². The van der Waals surface area contributed by atoms with Crippen molar-refractivity contribution in [2.75, 3.05) is 12.9 Å². The highest BCUT2D eigenvalue weighted by molar-refractivity contribution is 8.00. The Morgan fingerprint density at radius 2 is 1.95 bits per heavy atom. The van der Waals surface area contributed by atoms with Crippen molar-refractivity contribution in [1.29, 1.82) is 0 Å². The highest BCUT2D eigenvalue weighted by Gasteiger charge is 2.14. The maximum absolute atomic E-state index is 12.3. The number of carbonyl (C=O) groups is 1. The second-order valence-corrected chi connectivity index (χ2v) is 6.24. The summed E-state index contributed by atoms with van der Waals surface area (Å²) in [5.41, 5.74) is 3.58. The number of rotatable bonds is 5. The smallest absolute Gasteiger partial charge is 0.176 e. The van der Waals surface area contributed by atoms with E-state index in [1.807, 2.05) is 24.3 Å². The van der Waals surface area contributed by atoms with Gasteiger partial charge in [-0.15, -0.1) is 11.8 Å². The van der Waals surface area contributed by atoms with Gasteiger partial charge in [-0.3, -0.25) is 4.79 Å². The van der Waals surface area contributed by atoms with Gasteiger partial charge in [-0.25, -0.2) is 0 Å². The lowest BCUT2D eigenvalue weighted by Gasteiger charge is -2.08. The molecule has 0 saturated heterocycles. The van der Waals surface area contributed by atoms with Gasteiger partial charge in [0.1, 0.15) is 5.75 Å². The van der Waals surface area contributed by atoms with Crippen molar-refractivity contribution >= 4 is 17.5 Å². The topological polar surface area (TPSA) is 26.3 Å². The van der Waals surface area contributed by atoms with Crippen LogP contribution in [-0.2, 0) is 12.8 Å². The van der Waals surface area contributed by atoms with Gasteiger partial charge in [0.2, 0.25) is 0 Å². The van der Waals surface area contributed by atoms with E-state index in [1.54, 1.807) is 18.9 Å². The summed E-state index contributed by atoms with van der Waals surface area (Å²) in [7, 11) is 1.60. The van der Waals surface area contributed by atoms with Crippen molar-refractivity contribution in [3.05, 3.63) is 59.2 Å². The van der Waals surface area contributed by atoms with Gasteiger partial charge in [0, 0.05) is 4.90 Å². The molecule has 0 fully saturated rings. The van der Waals surface area contributed by atoms with E-state index in [4.69, 9.17) is 4.74 Å². The number of hydrogen-bond acceptors (Lipinski definition) is 3. The number of benzene rings is 2. The molecule has 0 amide bonds. The van der Waals surface area contributed by atoms with Gasteiger partial charge in [0.05, 0.1) is 18.4 Å².